The molecule has 1 saturated heterocycles. The summed E-state index contributed by atoms with van der Waals surface area (Å²) in [6, 6.07) is 14.2. The average molecular weight is 519 g/mol. The highest BCUT2D eigenvalue weighted by atomic mass is 16.5. The van der Waals surface area contributed by atoms with Crippen molar-refractivity contribution in [3.63, 3.8) is 0 Å². The van der Waals surface area contributed by atoms with Crippen LogP contribution < -0.4 is 4.74 Å². The number of hydrogen-bond acceptors (Lipinski definition) is 7. The fourth-order valence-electron chi connectivity index (χ4n) is 5.26. The first-order chi connectivity index (χ1) is 18.4. The molecule has 8 heteroatoms. The van der Waals surface area contributed by atoms with Crippen molar-refractivity contribution in [2.24, 2.45) is 0 Å². The Kier molecular flexibility index (Phi) is 7.53. The van der Waals surface area contributed by atoms with Crippen LogP contribution in [0, 0.1) is 0 Å². The van der Waals surface area contributed by atoms with Gasteiger partial charge in [0.25, 0.3) is 5.91 Å². The number of rotatable bonds is 9. The number of fused-ring (bicyclic) bond motifs is 1. The number of carbonyl (C=O) groups is 2. The molecule has 200 valence electrons. The maximum absolute atomic E-state index is 13.8. The van der Waals surface area contributed by atoms with Crippen molar-refractivity contribution in [1.29, 1.82) is 0 Å². The smallest absolute Gasteiger partial charge is 0.290 e. The number of nitrogens with zero attached hydrogens (tertiary/aromatic N) is 2. The molecule has 3 heterocycles. The van der Waals surface area contributed by atoms with Crippen LogP contribution in [0.3, 0.4) is 0 Å². The Morgan fingerprint density at radius 1 is 1.11 bits per heavy atom. The van der Waals surface area contributed by atoms with Gasteiger partial charge in [0.1, 0.15) is 0 Å². The summed E-state index contributed by atoms with van der Waals surface area (Å²) in [5.41, 5.74) is 2.41. The molecule has 2 aromatic carbocycles. The molecule has 1 aromatic heterocycles. The normalized spacial score (nSPS) is 18.7. The van der Waals surface area contributed by atoms with Gasteiger partial charge in [0.05, 0.1) is 31.9 Å². The number of Topliss-reactive ketones (excluding diaryl/α,β-unsaturated/α-hetero) is 1. The topological polar surface area (TPSA) is 92.5 Å². The van der Waals surface area contributed by atoms with Crippen LogP contribution in [-0.2, 0) is 9.53 Å². The number of aliphatic hydroxyl groups excluding tert-OH is 1. The number of amides is 1. The van der Waals surface area contributed by atoms with Crippen molar-refractivity contribution in [3.8, 4) is 5.75 Å². The molecule has 0 unspecified atom stereocenters. The molecule has 8 nitrogen and oxygen atoms in total. The standard InChI is InChI=1S/C30H34N2O6/c1-19(2)20-8-10-21(11-9-20)26-25(27(33)24-18-22-6-4-7-23(36-3)29(22)38-24)28(34)30(35)32(26)13-5-12-31-14-16-37-17-15-31/h4,6-11,18-19,26,34H,5,12-17H2,1-3H3/t26-/m1/s1. The van der Waals surface area contributed by atoms with Gasteiger partial charge in [-0.25, -0.2) is 0 Å². The fourth-order valence-corrected chi connectivity index (χ4v) is 5.26. The molecule has 1 amide bonds. The third kappa shape index (κ3) is 4.93. The highest BCUT2D eigenvalue weighted by molar-refractivity contribution is 6.16. The van der Waals surface area contributed by atoms with Crippen LogP contribution in [0.4, 0.5) is 0 Å². The van der Waals surface area contributed by atoms with Gasteiger partial charge in [-0.3, -0.25) is 14.5 Å². The van der Waals surface area contributed by atoms with Crippen molar-refractivity contribution in [3.05, 3.63) is 76.8 Å². The quantitative estimate of drug-likeness (QED) is 0.404. The fraction of sp³-hybridized carbons (Fsp3) is 0.400. The number of furan rings is 1. The first kappa shape index (κ1) is 26.0. The molecule has 0 saturated carbocycles. The third-order valence-corrected chi connectivity index (χ3v) is 7.40. The van der Waals surface area contributed by atoms with Crippen molar-refractivity contribution in [2.75, 3.05) is 46.5 Å². The lowest BCUT2D eigenvalue weighted by Crippen LogP contribution is -2.39. The largest absolute Gasteiger partial charge is 0.503 e. The number of benzene rings is 2. The maximum Gasteiger partial charge on any atom is 0.290 e. The summed E-state index contributed by atoms with van der Waals surface area (Å²) in [7, 11) is 1.54. The summed E-state index contributed by atoms with van der Waals surface area (Å²) < 4.78 is 16.7. The van der Waals surface area contributed by atoms with Gasteiger partial charge in [0, 0.05) is 31.6 Å². The van der Waals surface area contributed by atoms with Gasteiger partial charge in [-0.15, -0.1) is 0 Å². The molecule has 2 aliphatic rings. The van der Waals surface area contributed by atoms with E-state index in [4.69, 9.17) is 13.9 Å². The van der Waals surface area contributed by atoms with Crippen LogP contribution in [0.2, 0.25) is 0 Å². The Bertz CT molecular complexity index is 1350. The van der Waals surface area contributed by atoms with E-state index in [1.165, 1.54) is 7.11 Å². The number of ether oxygens (including phenoxy) is 2. The number of methoxy groups -OCH3 is 1. The highest BCUT2D eigenvalue weighted by Crippen LogP contribution is 2.40. The zero-order valence-corrected chi connectivity index (χ0v) is 22.1. The zero-order chi connectivity index (χ0) is 26.8. The van der Waals surface area contributed by atoms with E-state index in [1.807, 2.05) is 36.4 Å². The first-order valence-corrected chi connectivity index (χ1v) is 13.1. The summed E-state index contributed by atoms with van der Waals surface area (Å²) in [4.78, 5) is 31.1. The van der Waals surface area contributed by atoms with Gasteiger partial charge < -0.3 is 23.9 Å². The Balaban J connectivity index is 1.48. The second-order valence-electron chi connectivity index (χ2n) is 10.1. The molecule has 0 spiro atoms. The first-order valence-electron chi connectivity index (χ1n) is 13.1. The predicted octanol–water partition coefficient (Wildman–Crippen LogP) is 4.87. The minimum Gasteiger partial charge on any atom is -0.503 e. The Morgan fingerprint density at radius 2 is 1.84 bits per heavy atom. The zero-order valence-electron chi connectivity index (χ0n) is 22.1. The number of para-hydroxylation sites is 1. The van der Waals surface area contributed by atoms with Gasteiger partial charge in [-0.2, -0.15) is 0 Å². The van der Waals surface area contributed by atoms with Crippen LogP contribution in [0.5, 0.6) is 5.75 Å². The third-order valence-electron chi connectivity index (χ3n) is 7.40. The number of aliphatic hydroxyl groups is 1. The second-order valence-corrected chi connectivity index (χ2v) is 10.1. The van der Waals surface area contributed by atoms with Crippen LogP contribution in [-0.4, -0.2) is 73.1 Å². The van der Waals surface area contributed by atoms with E-state index >= 15 is 0 Å². The summed E-state index contributed by atoms with van der Waals surface area (Å²) in [6.07, 6.45) is 0.711. The van der Waals surface area contributed by atoms with Crippen molar-refractivity contribution < 1.29 is 28.6 Å². The molecule has 2 aliphatic heterocycles. The molecular weight excluding hydrogens is 484 g/mol. The van der Waals surface area contributed by atoms with Crippen molar-refractivity contribution >= 4 is 22.7 Å². The molecule has 0 bridgehead atoms. The van der Waals surface area contributed by atoms with E-state index in [0.29, 0.717) is 48.8 Å². The molecule has 1 fully saturated rings. The summed E-state index contributed by atoms with van der Waals surface area (Å²) in [6.45, 7) is 8.56. The van der Waals surface area contributed by atoms with Crippen LogP contribution in [0.15, 0.2) is 64.3 Å². The van der Waals surface area contributed by atoms with Crippen molar-refractivity contribution in [2.45, 2.75) is 32.2 Å². The van der Waals surface area contributed by atoms with Crippen molar-refractivity contribution in [1.82, 2.24) is 9.80 Å². The molecule has 0 aliphatic carbocycles. The Labute approximate surface area is 222 Å². The summed E-state index contributed by atoms with van der Waals surface area (Å²) in [5, 5.41) is 11.7. The molecule has 3 aromatic rings. The minimum absolute atomic E-state index is 0.0386. The molecular formula is C30H34N2O6. The molecule has 38 heavy (non-hydrogen) atoms. The van der Waals surface area contributed by atoms with E-state index in [1.54, 1.807) is 17.0 Å². The average Bonchev–Trinajstić information content (AvgIpc) is 3.48. The van der Waals surface area contributed by atoms with E-state index < -0.39 is 23.5 Å². The summed E-state index contributed by atoms with van der Waals surface area (Å²) in [5.74, 6) is -0.670. The lowest BCUT2D eigenvalue weighted by molar-refractivity contribution is -0.129. The van der Waals surface area contributed by atoms with Gasteiger partial charge in [-0.05, 0) is 35.6 Å². The van der Waals surface area contributed by atoms with E-state index in [-0.39, 0.29) is 11.3 Å². The Hall–Kier alpha value is -3.62. The lowest BCUT2D eigenvalue weighted by atomic mass is 9.93. The highest BCUT2D eigenvalue weighted by Gasteiger charge is 2.44. The minimum atomic E-state index is -0.712. The monoisotopic (exact) mass is 518 g/mol. The van der Waals surface area contributed by atoms with Gasteiger partial charge in [0.15, 0.2) is 22.9 Å². The number of morpholine rings is 1. The molecule has 0 radical (unpaired) electrons. The van der Waals surface area contributed by atoms with Gasteiger partial charge in [-0.1, -0.05) is 50.2 Å². The SMILES string of the molecule is COc1cccc2cc(C(=O)C3=C(O)C(=O)N(CCCN4CCOCC4)[C@@H]3c3ccc(C(C)C)cc3)oc12. The number of ketones is 1. The van der Waals surface area contributed by atoms with Gasteiger partial charge in [0.2, 0.25) is 5.78 Å². The van der Waals surface area contributed by atoms with Gasteiger partial charge >= 0.3 is 0 Å². The number of carbonyl (C=O) groups excluding carboxylic acids is 2. The van der Waals surface area contributed by atoms with Crippen LogP contribution in [0.25, 0.3) is 11.0 Å². The molecule has 1 N–H and O–H groups in total. The maximum atomic E-state index is 13.8. The Morgan fingerprint density at radius 3 is 2.53 bits per heavy atom. The summed E-state index contributed by atoms with van der Waals surface area (Å²) >= 11 is 0. The van der Waals surface area contributed by atoms with E-state index in [0.717, 1.165) is 30.8 Å². The predicted molar refractivity (Wildman–Crippen MR) is 144 cm³/mol. The molecule has 5 rings (SSSR count). The van der Waals surface area contributed by atoms with E-state index in [9.17, 15) is 14.7 Å². The van der Waals surface area contributed by atoms with Crippen LogP contribution >= 0.6 is 0 Å². The molecule has 1 atom stereocenters. The van der Waals surface area contributed by atoms with E-state index in [2.05, 4.69) is 18.7 Å². The second kappa shape index (κ2) is 11.0. The van der Waals surface area contributed by atoms with Crippen LogP contribution in [0.1, 0.15) is 53.9 Å². The lowest BCUT2D eigenvalue weighted by Gasteiger charge is -2.30. The number of hydrogen-bond donors (Lipinski definition) is 1.